The van der Waals surface area contributed by atoms with Crippen molar-refractivity contribution in [2.75, 3.05) is 19.7 Å². The Labute approximate surface area is 124 Å². The van der Waals surface area contributed by atoms with Crippen LogP contribution in [0.25, 0.3) is 0 Å². The lowest BCUT2D eigenvalue weighted by Crippen LogP contribution is -2.40. The molecule has 1 aromatic carbocycles. The Bertz CT molecular complexity index is 583. The smallest absolute Gasteiger partial charge is 0.343 e. The highest BCUT2D eigenvalue weighted by atomic mass is 35.5. The van der Waals surface area contributed by atoms with Crippen molar-refractivity contribution in [3.8, 4) is 5.75 Å². The van der Waals surface area contributed by atoms with Gasteiger partial charge in [0.15, 0.2) is 6.61 Å². The van der Waals surface area contributed by atoms with Crippen LogP contribution < -0.4 is 4.74 Å². The Hall–Kier alpha value is -1.89. The van der Waals surface area contributed by atoms with Gasteiger partial charge in [0.05, 0.1) is 11.6 Å². The molecule has 1 heterocycles. The molecule has 1 amide bonds. The van der Waals surface area contributed by atoms with E-state index in [1.807, 2.05) is 0 Å². The molecular weight excluding hydrogens is 308 g/mol. The van der Waals surface area contributed by atoms with E-state index in [1.165, 1.54) is 6.07 Å². The molecule has 0 saturated carbocycles. The van der Waals surface area contributed by atoms with Crippen LogP contribution in [0.1, 0.15) is 6.42 Å². The maximum Gasteiger partial charge on any atom is 0.343 e. The largest absolute Gasteiger partial charge is 0.482 e. The molecule has 1 fully saturated rings. The van der Waals surface area contributed by atoms with Crippen LogP contribution in [0.5, 0.6) is 5.75 Å². The molecule has 1 aromatic rings. The first-order chi connectivity index (χ1) is 9.82. The first-order valence-corrected chi connectivity index (χ1v) is 6.47. The van der Waals surface area contributed by atoms with Gasteiger partial charge in [-0.15, -0.1) is 0 Å². The van der Waals surface area contributed by atoms with Gasteiger partial charge in [0.2, 0.25) is 5.67 Å². The number of halogens is 3. The monoisotopic (exact) mass is 319 g/mol. The van der Waals surface area contributed by atoms with Crippen LogP contribution in [0.4, 0.5) is 8.78 Å². The fraction of sp³-hybridized carbons (Fsp3) is 0.385. The molecule has 0 radical (unpaired) electrons. The second-order valence-corrected chi connectivity index (χ2v) is 5.11. The van der Waals surface area contributed by atoms with E-state index in [9.17, 15) is 18.4 Å². The summed E-state index contributed by atoms with van der Waals surface area (Å²) in [5.74, 6) is -2.56. The molecule has 2 rings (SSSR count). The molecule has 8 heteroatoms. The van der Waals surface area contributed by atoms with Crippen molar-refractivity contribution in [2.24, 2.45) is 0 Å². The summed E-state index contributed by atoms with van der Waals surface area (Å²) in [5, 5.41) is 8.75. The van der Waals surface area contributed by atoms with Crippen LogP contribution >= 0.6 is 11.6 Å². The van der Waals surface area contributed by atoms with Crippen LogP contribution in [-0.4, -0.2) is 47.2 Å². The Morgan fingerprint density at radius 3 is 2.76 bits per heavy atom. The zero-order chi connectivity index (χ0) is 15.6. The van der Waals surface area contributed by atoms with E-state index in [2.05, 4.69) is 0 Å². The van der Waals surface area contributed by atoms with Crippen molar-refractivity contribution in [2.45, 2.75) is 12.1 Å². The molecule has 0 spiro atoms. The lowest BCUT2D eigenvalue weighted by atomic mass is 10.1. The SMILES string of the molecule is O=C(COc1ccc(F)cc1Cl)N1CCC(F)(C(=O)O)C1. The molecule has 0 aromatic heterocycles. The topological polar surface area (TPSA) is 66.8 Å². The normalized spacial score (nSPS) is 21.4. The highest BCUT2D eigenvalue weighted by Gasteiger charge is 2.46. The summed E-state index contributed by atoms with van der Waals surface area (Å²) < 4.78 is 31.8. The number of hydrogen-bond acceptors (Lipinski definition) is 3. The number of aliphatic carboxylic acids is 1. The minimum absolute atomic E-state index is 0.00213. The standard InChI is InChI=1S/C13H12ClF2NO4/c14-9-5-8(15)1-2-10(9)21-6-11(18)17-4-3-13(16,7-17)12(19)20/h1-2,5H,3-4,6-7H2,(H,19,20). The van der Waals surface area contributed by atoms with Gasteiger partial charge in [0.1, 0.15) is 11.6 Å². The van der Waals surface area contributed by atoms with Crippen LogP contribution in [0.15, 0.2) is 18.2 Å². The second-order valence-electron chi connectivity index (χ2n) is 4.70. The molecule has 1 saturated heterocycles. The van der Waals surface area contributed by atoms with E-state index in [4.69, 9.17) is 21.4 Å². The molecule has 21 heavy (non-hydrogen) atoms. The molecule has 5 nitrogen and oxygen atoms in total. The first-order valence-electron chi connectivity index (χ1n) is 6.10. The quantitative estimate of drug-likeness (QED) is 0.920. The second kappa shape index (κ2) is 5.85. The number of ether oxygens (including phenoxy) is 1. The number of hydrogen-bond donors (Lipinski definition) is 1. The molecule has 114 valence electrons. The third-order valence-corrected chi connectivity index (χ3v) is 3.50. The van der Waals surface area contributed by atoms with Crippen LogP contribution in [0.2, 0.25) is 5.02 Å². The average molecular weight is 320 g/mol. The van der Waals surface area contributed by atoms with Gasteiger partial charge in [-0.3, -0.25) is 4.79 Å². The minimum atomic E-state index is -2.41. The average Bonchev–Trinajstić information content (AvgIpc) is 2.82. The number of rotatable bonds is 4. The summed E-state index contributed by atoms with van der Waals surface area (Å²) >= 11 is 5.73. The molecule has 1 aliphatic heterocycles. The number of carboxylic acids is 1. The summed E-state index contributed by atoms with van der Waals surface area (Å²) in [4.78, 5) is 23.7. The highest BCUT2D eigenvalue weighted by Crippen LogP contribution is 2.27. The first kappa shape index (κ1) is 15.5. The van der Waals surface area contributed by atoms with Crippen molar-refractivity contribution in [3.05, 3.63) is 29.0 Å². The molecule has 1 N–H and O–H groups in total. The summed E-state index contributed by atoms with van der Waals surface area (Å²) in [6, 6.07) is 3.43. The fourth-order valence-corrected chi connectivity index (χ4v) is 2.21. The molecule has 1 atom stereocenters. The van der Waals surface area contributed by atoms with Gasteiger partial charge in [-0.05, 0) is 18.2 Å². The number of likely N-dealkylation sites (tertiary alicyclic amines) is 1. The summed E-state index contributed by atoms with van der Waals surface area (Å²) in [6.45, 7) is -0.940. The highest BCUT2D eigenvalue weighted by molar-refractivity contribution is 6.32. The van der Waals surface area contributed by atoms with E-state index in [0.717, 1.165) is 17.0 Å². The van der Waals surface area contributed by atoms with E-state index in [1.54, 1.807) is 0 Å². The number of carboxylic acid groups (broad SMARTS) is 1. The van der Waals surface area contributed by atoms with E-state index < -0.39 is 36.5 Å². The van der Waals surface area contributed by atoms with Gasteiger partial charge in [-0.2, -0.15) is 0 Å². The van der Waals surface area contributed by atoms with Gasteiger partial charge in [-0.25, -0.2) is 13.6 Å². The van der Waals surface area contributed by atoms with Crippen molar-refractivity contribution >= 4 is 23.5 Å². The van der Waals surface area contributed by atoms with Crippen molar-refractivity contribution in [3.63, 3.8) is 0 Å². The zero-order valence-corrected chi connectivity index (χ0v) is 11.6. The van der Waals surface area contributed by atoms with Gasteiger partial charge in [0, 0.05) is 13.0 Å². The molecule has 0 bridgehead atoms. The maximum atomic E-state index is 13.8. The number of benzene rings is 1. The number of alkyl halides is 1. The van der Waals surface area contributed by atoms with Crippen LogP contribution in [0.3, 0.4) is 0 Å². The third kappa shape index (κ3) is 3.41. The number of carbonyl (C=O) groups is 2. The fourth-order valence-electron chi connectivity index (χ4n) is 1.98. The van der Waals surface area contributed by atoms with Gasteiger partial charge < -0.3 is 14.7 Å². The molecule has 1 aliphatic rings. The molecule has 1 unspecified atom stereocenters. The maximum absolute atomic E-state index is 13.8. The van der Waals surface area contributed by atoms with Crippen molar-refractivity contribution in [1.82, 2.24) is 4.90 Å². The lowest BCUT2D eigenvalue weighted by Gasteiger charge is -2.18. The van der Waals surface area contributed by atoms with Gasteiger partial charge >= 0.3 is 5.97 Å². The lowest BCUT2D eigenvalue weighted by molar-refractivity contribution is -0.150. The predicted octanol–water partition coefficient (Wildman–Crippen LogP) is 1.88. The Kier molecular flexibility index (Phi) is 4.32. The Morgan fingerprint density at radius 1 is 1.48 bits per heavy atom. The number of carbonyl (C=O) groups excluding carboxylic acids is 1. The predicted molar refractivity (Wildman–Crippen MR) is 69.6 cm³/mol. The van der Waals surface area contributed by atoms with Crippen LogP contribution in [-0.2, 0) is 9.59 Å². The minimum Gasteiger partial charge on any atom is -0.482 e. The van der Waals surface area contributed by atoms with Crippen molar-refractivity contribution < 1.29 is 28.2 Å². The zero-order valence-electron chi connectivity index (χ0n) is 10.8. The summed E-state index contributed by atoms with van der Waals surface area (Å²) in [7, 11) is 0. The summed E-state index contributed by atoms with van der Waals surface area (Å²) in [6.07, 6.45) is -0.259. The third-order valence-electron chi connectivity index (χ3n) is 3.20. The van der Waals surface area contributed by atoms with E-state index in [0.29, 0.717) is 0 Å². The van der Waals surface area contributed by atoms with Gasteiger partial charge in [-0.1, -0.05) is 11.6 Å². The van der Waals surface area contributed by atoms with Gasteiger partial charge in [0.25, 0.3) is 5.91 Å². The van der Waals surface area contributed by atoms with E-state index >= 15 is 0 Å². The van der Waals surface area contributed by atoms with Crippen molar-refractivity contribution in [1.29, 1.82) is 0 Å². The number of nitrogens with zero attached hydrogens (tertiary/aromatic N) is 1. The number of amides is 1. The molecule has 0 aliphatic carbocycles. The molecular formula is C13H12ClF2NO4. The van der Waals surface area contributed by atoms with E-state index in [-0.39, 0.29) is 23.7 Å². The van der Waals surface area contributed by atoms with Crippen LogP contribution in [0, 0.1) is 5.82 Å². The Morgan fingerprint density at radius 2 is 2.19 bits per heavy atom. The summed E-state index contributed by atoms with van der Waals surface area (Å²) in [5.41, 5.74) is -2.41. The Balaban J connectivity index is 1.93.